The van der Waals surface area contributed by atoms with Gasteiger partial charge in [-0.1, -0.05) is 37.3 Å². The van der Waals surface area contributed by atoms with Gasteiger partial charge in [0.15, 0.2) is 0 Å². The molecule has 1 heterocycles. The number of carbonyl (C=O) groups is 1. The lowest BCUT2D eigenvalue weighted by Crippen LogP contribution is -2.49. The standard InChI is InChI=1S/C15H22N2O/c1-12-8-9-13(2)17(11-12)15(18)16-10-14-6-4-3-5-7-14/h3-7,12-13H,8-11H2,1-2H3,(H,16,18). The van der Waals surface area contributed by atoms with Gasteiger partial charge in [-0.05, 0) is 31.2 Å². The fraction of sp³-hybridized carbons (Fsp3) is 0.533. The topological polar surface area (TPSA) is 32.3 Å². The van der Waals surface area contributed by atoms with E-state index in [1.165, 1.54) is 6.42 Å². The number of likely N-dealkylation sites (tertiary alicyclic amines) is 1. The Labute approximate surface area is 109 Å². The quantitative estimate of drug-likeness (QED) is 0.854. The highest BCUT2D eigenvalue weighted by atomic mass is 16.2. The van der Waals surface area contributed by atoms with E-state index in [4.69, 9.17) is 0 Å². The molecule has 1 N–H and O–H groups in total. The monoisotopic (exact) mass is 246 g/mol. The Morgan fingerprint density at radius 1 is 1.28 bits per heavy atom. The van der Waals surface area contributed by atoms with E-state index in [-0.39, 0.29) is 6.03 Å². The van der Waals surface area contributed by atoms with E-state index in [0.717, 1.165) is 18.5 Å². The molecule has 1 saturated heterocycles. The van der Waals surface area contributed by atoms with Crippen LogP contribution in [0.3, 0.4) is 0 Å². The number of hydrogen-bond acceptors (Lipinski definition) is 1. The van der Waals surface area contributed by atoms with Gasteiger partial charge in [-0.15, -0.1) is 0 Å². The third-order valence-corrected chi connectivity index (χ3v) is 3.67. The number of nitrogens with one attached hydrogen (secondary N) is 1. The zero-order valence-electron chi connectivity index (χ0n) is 11.2. The van der Waals surface area contributed by atoms with Crippen molar-refractivity contribution in [2.45, 2.75) is 39.3 Å². The van der Waals surface area contributed by atoms with Crippen molar-refractivity contribution in [3.63, 3.8) is 0 Å². The van der Waals surface area contributed by atoms with Crippen LogP contribution < -0.4 is 5.32 Å². The van der Waals surface area contributed by atoms with Gasteiger partial charge in [0, 0.05) is 19.1 Å². The maximum atomic E-state index is 12.1. The van der Waals surface area contributed by atoms with Crippen molar-refractivity contribution in [1.82, 2.24) is 10.2 Å². The highest BCUT2D eigenvalue weighted by molar-refractivity contribution is 5.74. The Hall–Kier alpha value is -1.51. The molecular weight excluding hydrogens is 224 g/mol. The fourth-order valence-electron chi connectivity index (χ4n) is 2.45. The number of urea groups is 1. The Balaban J connectivity index is 1.87. The molecule has 98 valence electrons. The van der Waals surface area contributed by atoms with Crippen molar-refractivity contribution in [2.75, 3.05) is 6.54 Å². The second-order valence-corrected chi connectivity index (χ2v) is 5.33. The molecule has 0 radical (unpaired) electrons. The van der Waals surface area contributed by atoms with Gasteiger partial charge in [-0.2, -0.15) is 0 Å². The van der Waals surface area contributed by atoms with E-state index in [2.05, 4.69) is 19.2 Å². The van der Waals surface area contributed by atoms with Gasteiger partial charge in [0.05, 0.1) is 0 Å². The van der Waals surface area contributed by atoms with Crippen molar-refractivity contribution in [2.24, 2.45) is 5.92 Å². The molecule has 1 fully saturated rings. The second kappa shape index (κ2) is 5.89. The summed E-state index contributed by atoms with van der Waals surface area (Å²) in [6, 6.07) is 10.5. The SMILES string of the molecule is CC1CCC(C)N(C(=O)NCc2ccccc2)C1. The second-order valence-electron chi connectivity index (χ2n) is 5.33. The average molecular weight is 246 g/mol. The fourth-order valence-corrected chi connectivity index (χ4v) is 2.45. The Morgan fingerprint density at radius 3 is 2.72 bits per heavy atom. The molecule has 3 heteroatoms. The summed E-state index contributed by atoms with van der Waals surface area (Å²) < 4.78 is 0. The first-order chi connectivity index (χ1) is 8.66. The largest absolute Gasteiger partial charge is 0.334 e. The number of benzene rings is 1. The van der Waals surface area contributed by atoms with Crippen LogP contribution in [0, 0.1) is 5.92 Å². The molecule has 2 amide bonds. The van der Waals surface area contributed by atoms with Crippen LogP contribution >= 0.6 is 0 Å². The molecule has 0 aliphatic carbocycles. The van der Waals surface area contributed by atoms with Crippen LogP contribution in [0.2, 0.25) is 0 Å². The van der Waals surface area contributed by atoms with Crippen molar-refractivity contribution < 1.29 is 4.79 Å². The number of amides is 2. The smallest absolute Gasteiger partial charge is 0.317 e. The summed E-state index contributed by atoms with van der Waals surface area (Å²) in [4.78, 5) is 14.1. The van der Waals surface area contributed by atoms with E-state index in [1.807, 2.05) is 35.2 Å². The molecule has 2 atom stereocenters. The Morgan fingerprint density at radius 2 is 2.00 bits per heavy atom. The van der Waals surface area contributed by atoms with Crippen LogP contribution in [0.25, 0.3) is 0 Å². The van der Waals surface area contributed by atoms with Crippen LogP contribution in [-0.2, 0) is 6.54 Å². The van der Waals surface area contributed by atoms with Crippen LogP contribution in [-0.4, -0.2) is 23.5 Å². The molecule has 1 aliphatic rings. The van der Waals surface area contributed by atoms with Crippen LogP contribution in [0.4, 0.5) is 4.79 Å². The summed E-state index contributed by atoms with van der Waals surface area (Å²) in [5, 5.41) is 3.01. The molecule has 1 aromatic rings. The molecule has 0 spiro atoms. The normalized spacial score (nSPS) is 23.8. The number of carbonyl (C=O) groups excluding carboxylic acids is 1. The highest BCUT2D eigenvalue weighted by Gasteiger charge is 2.26. The molecule has 2 unspecified atom stereocenters. The van der Waals surface area contributed by atoms with Crippen LogP contribution in [0.1, 0.15) is 32.3 Å². The molecular formula is C15H22N2O. The summed E-state index contributed by atoms with van der Waals surface area (Å²) in [5.41, 5.74) is 1.14. The lowest BCUT2D eigenvalue weighted by atomic mass is 9.95. The third kappa shape index (κ3) is 3.25. The Kier molecular flexibility index (Phi) is 4.24. The Bertz CT molecular complexity index is 391. The average Bonchev–Trinajstić information content (AvgIpc) is 2.40. The summed E-state index contributed by atoms with van der Waals surface area (Å²) >= 11 is 0. The van der Waals surface area contributed by atoms with Crippen molar-refractivity contribution >= 4 is 6.03 Å². The summed E-state index contributed by atoms with van der Waals surface area (Å²) in [6.07, 6.45) is 2.34. The predicted octanol–water partition coefficient (Wildman–Crippen LogP) is 3.02. The first-order valence-corrected chi connectivity index (χ1v) is 6.75. The van der Waals surface area contributed by atoms with Gasteiger partial charge in [-0.25, -0.2) is 4.79 Å². The van der Waals surface area contributed by atoms with Gasteiger partial charge >= 0.3 is 6.03 Å². The number of hydrogen-bond donors (Lipinski definition) is 1. The van der Waals surface area contributed by atoms with Crippen LogP contribution in [0.5, 0.6) is 0 Å². The molecule has 1 aliphatic heterocycles. The number of piperidine rings is 1. The molecule has 0 bridgehead atoms. The maximum absolute atomic E-state index is 12.1. The van der Waals surface area contributed by atoms with E-state index in [9.17, 15) is 4.79 Å². The molecule has 0 aromatic heterocycles. The van der Waals surface area contributed by atoms with E-state index in [0.29, 0.717) is 18.5 Å². The number of nitrogens with zero attached hydrogens (tertiary/aromatic N) is 1. The summed E-state index contributed by atoms with van der Waals surface area (Å²) in [5.74, 6) is 0.615. The minimum absolute atomic E-state index is 0.0675. The third-order valence-electron chi connectivity index (χ3n) is 3.67. The van der Waals surface area contributed by atoms with E-state index in [1.54, 1.807) is 0 Å². The van der Waals surface area contributed by atoms with Gasteiger partial charge in [-0.3, -0.25) is 0 Å². The molecule has 2 rings (SSSR count). The lowest BCUT2D eigenvalue weighted by Gasteiger charge is -2.36. The lowest BCUT2D eigenvalue weighted by molar-refractivity contribution is 0.136. The maximum Gasteiger partial charge on any atom is 0.317 e. The van der Waals surface area contributed by atoms with E-state index >= 15 is 0 Å². The minimum atomic E-state index is 0.0675. The van der Waals surface area contributed by atoms with Crippen molar-refractivity contribution in [1.29, 1.82) is 0 Å². The van der Waals surface area contributed by atoms with Crippen molar-refractivity contribution in [3.05, 3.63) is 35.9 Å². The zero-order valence-corrected chi connectivity index (χ0v) is 11.2. The molecule has 18 heavy (non-hydrogen) atoms. The van der Waals surface area contributed by atoms with Gasteiger partial charge in [0.25, 0.3) is 0 Å². The first kappa shape index (κ1) is 12.9. The first-order valence-electron chi connectivity index (χ1n) is 6.75. The van der Waals surface area contributed by atoms with Gasteiger partial charge < -0.3 is 10.2 Å². The predicted molar refractivity (Wildman–Crippen MR) is 73.2 cm³/mol. The van der Waals surface area contributed by atoms with Crippen molar-refractivity contribution in [3.8, 4) is 0 Å². The summed E-state index contributed by atoms with van der Waals surface area (Å²) in [7, 11) is 0. The van der Waals surface area contributed by atoms with Gasteiger partial charge in [0.2, 0.25) is 0 Å². The molecule has 3 nitrogen and oxygen atoms in total. The minimum Gasteiger partial charge on any atom is -0.334 e. The summed E-state index contributed by atoms with van der Waals surface area (Å²) in [6.45, 7) is 5.83. The molecule has 0 saturated carbocycles. The highest BCUT2D eigenvalue weighted by Crippen LogP contribution is 2.21. The molecule has 1 aromatic carbocycles. The number of rotatable bonds is 2. The van der Waals surface area contributed by atoms with E-state index < -0.39 is 0 Å². The van der Waals surface area contributed by atoms with Gasteiger partial charge in [0.1, 0.15) is 0 Å². The zero-order chi connectivity index (χ0) is 13.0. The van der Waals surface area contributed by atoms with Crippen LogP contribution in [0.15, 0.2) is 30.3 Å².